The number of nitrogens with one attached hydrogen (secondary N) is 1. The Labute approximate surface area is 80.5 Å². The topological polar surface area (TPSA) is 75.3 Å². The predicted octanol–water partition coefficient (Wildman–Crippen LogP) is 0.729. The quantitative estimate of drug-likeness (QED) is 0.627. The summed E-state index contributed by atoms with van der Waals surface area (Å²) < 4.78 is 13.0. The highest BCUT2D eigenvalue weighted by atomic mass is 19.1. The monoisotopic (exact) mass is 198 g/mol. The van der Waals surface area contributed by atoms with Gasteiger partial charge in [-0.2, -0.15) is 0 Å². The van der Waals surface area contributed by atoms with Crippen molar-refractivity contribution in [2.24, 2.45) is 0 Å². The molecule has 0 radical (unpaired) electrons. The predicted molar refractivity (Wildman–Crippen MR) is 51.1 cm³/mol. The third-order valence-electron chi connectivity index (χ3n) is 1.60. The molecule has 4 N–H and O–H groups in total. The molecule has 0 spiro atoms. The van der Waals surface area contributed by atoms with E-state index in [0.29, 0.717) is 5.69 Å². The van der Waals surface area contributed by atoms with Crippen LogP contribution in [0.2, 0.25) is 0 Å². The zero-order valence-corrected chi connectivity index (χ0v) is 7.46. The summed E-state index contributed by atoms with van der Waals surface area (Å²) in [6, 6.07) is 3.89. The first-order chi connectivity index (χ1) is 6.63. The molecule has 1 amide bonds. The fourth-order valence-electron chi connectivity index (χ4n) is 0.953. The van der Waals surface area contributed by atoms with E-state index in [1.165, 1.54) is 18.2 Å². The molecule has 0 atom stereocenters. The van der Waals surface area contributed by atoms with E-state index < -0.39 is 11.7 Å². The molecule has 0 saturated heterocycles. The molecule has 0 unspecified atom stereocenters. The number of benzene rings is 1. The van der Waals surface area contributed by atoms with E-state index in [4.69, 9.17) is 10.8 Å². The average Bonchev–Trinajstić information content (AvgIpc) is 2.12. The highest BCUT2D eigenvalue weighted by molar-refractivity contribution is 5.91. The molecule has 76 valence electrons. The minimum Gasteiger partial charge on any atom is -0.399 e. The molecule has 5 heteroatoms. The molecule has 1 aromatic rings. The van der Waals surface area contributed by atoms with Crippen LogP contribution in [0.5, 0.6) is 0 Å². The van der Waals surface area contributed by atoms with Gasteiger partial charge in [-0.25, -0.2) is 4.39 Å². The number of hydrogen-bond acceptors (Lipinski definition) is 3. The highest BCUT2D eigenvalue weighted by Gasteiger charge is 2.06. The van der Waals surface area contributed by atoms with E-state index in [9.17, 15) is 9.18 Å². The number of amides is 1. The van der Waals surface area contributed by atoms with Crippen LogP contribution >= 0.6 is 0 Å². The van der Waals surface area contributed by atoms with Crippen LogP contribution in [-0.4, -0.2) is 17.6 Å². The van der Waals surface area contributed by atoms with E-state index in [2.05, 4.69) is 5.32 Å². The highest BCUT2D eigenvalue weighted by Crippen LogP contribution is 2.17. The van der Waals surface area contributed by atoms with Gasteiger partial charge in [-0.05, 0) is 18.2 Å². The van der Waals surface area contributed by atoms with E-state index in [1.54, 1.807) is 0 Å². The van der Waals surface area contributed by atoms with Gasteiger partial charge >= 0.3 is 0 Å². The first-order valence-electron chi connectivity index (χ1n) is 4.09. The van der Waals surface area contributed by atoms with Gasteiger partial charge in [-0.3, -0.25) is 4.79 Å². The second-order valence-electron chi connectivity index (χ2n) is 2.76. The Balaban J connectivity index is 2.75. The lowest BCUT2D eigenvalue weighted by Crippen LogP contribution is -2.14. The molecule has 0 aliphatic carbocycles. The van der Waals surface area contributed by atoms with Crippen molar-refractivity contribution in [3.8, 4) is 0 Å². The molecule has 14 heavy (non-hydrogen) atoms. The SMILES string of the molecule is Nc1ccc(F)c(NC(=O)CCO)c1. The molecule has 0 bridgehead atoms. The summed E-state index contributed by atoms with van der Waals surface area (Å²) >= 11 is 0. The molecular weight excluding hydrogens is 187 g/mol. The van der Waals surface area contributed by atoms with Crippen LogP contribution in [-0.2, 0) is 4.79 Å². The number of aliphatic hydroxyl groups excluding tert-OH is 1. The largest absolute Gasteiger partial charge is 0.399 e. The van der Waals surface area contributed by atoms with Crippen molar-refractivity contribution in [2.45, 2.75) is 6.42 Å². The van der Waals surface area contributed by atoms with Crippen molar-refractivity contribution in [2.75, 3.05) is 17.7 Å². The number of carbonyl (C=O) groups excluding carboxylic acids is 1. The Morgan fingerprint density at radius 3 is 2.93 bits per heavy atom. The van der Waals surface area contributed by atoms with Crippen molar-refractivity contribution < 1.29 is 14.3 Å². The van der Waals surface area contributed by atoms with Crippen molar-refractivity contribution >= 4 is 17.3 Å². The third-order valence-corrected chi connectivity index (χ3v) is 1.60. The standard InChI is InChI=1S/C9H11FN2O2/c10-7-2-1-6(11)5-8(7)12-9(14)3-4-13/h1-2,5,13H,3-4,11H2,(H,12,14). The summed E-state index contributed by atoms with van der Waals surface area (Å²) in [5.74, 6) is -0.998. The molecule has 0 heterocycles. The summed E-state index contributed by atoms with van der Waals surface area (Å²) in [5.41, 5.74) is 5.81. The van der Waals surface area contributed by atoms with Crippen LogP contribution in [0, 0.1) is 5.82 Å². The number of carbonyl (C=O) groups is 1. The fourth-order valence-corrected chi connectivity index (χ4v) is 0.953. The van der Waals surface area contributed by atoms with Crippen LogP contribution in [0.3, 0.4) is 0 Å². The minimum atomic E-state index is -0.550. The van der Waals surface area contributed by atoms with Crippen molar-refractivity contribution in [1.82, 2.24) is 0 Å². The summed E-state index contributed by atoms with van der Waals surface area (Å²) in [6.07, 6.45) is -0.0613. The number of aliphatic hydroxyl groups is 1. The van der Waals surface area contributed by atoms with Gasteiger partial charge in [0.15, 0.2) is 0 Å². The lowest BCUT2D eigenvalue weighted by Gasteiger charge is -2.05. The molecule has 0 aliphatic heterocycles. The van der Waals surface area contributed by atoms with Gasteiger partial charge < -0.3 is 16.2 Å². The molecule has 0 aliphatic rings. The van der Waals surface area contributed by atoms with E-state index >= 15 is 0 Å². The summed E-state index contributed by atoms with van der Waals surface area (Å²) in [6.45, 7) is -0.268. The number of nitrogen functional groups attached to an aromatic ring is 1. The number of anilines is 2. The van der Waals surface area contributed by atoms with Crippen LogP contribution in [0.25, 0.3) is 0 Å². The van der Waals surface area contributed by atoms with Crippen molar-refractivity contribution in [3.05, 3.63) is 24.0 Å². The van der Waals surface area contributed by atoms with Crippen LogP contribution < -0.4 is 11.1 Å². The number of rotatable bonds is 3. The van der Waals surface area contributed by atoms with E-state index in [1.807, 2.05) is 0 Å². The third kappa shape index (κ3) is 2.70. The van der Waals surface area contributed by atoms with Crippen molar-refractivity contribution in [1.29, 1.82) is 0 Å². The molecule has 1 aromatic carbocycles. The maximum Gasteiger partial charge on any atom is 0.226 e. The fraction of sp³-hybridized carbons (Fsp3) is 0.222. The second-order valence-corrected chi connectivity index (χ2v) is 2.76. The summed E-state index contributed by atoms with van der Waals surface area (Å²) in [7, 11) is 0. The first kappa shape index (κ1) is 10.5. The molecule has 0 aromatic heterocycles. The van der Waals surface area contributed by atoms with Gasteiger partial charge in [0.2, 0.25) is 5.91 Å². The smallest absolute Gasteiger partial charge is 0.226 e. The molecule has 4 nitrogen and oxygen atoms in total. The minimum absolute atomic E-state index is 0.0310. The van der Waals surface area contributed by atoms with Crippen LogP contribution in [0.1, 0.15) is 6.42 Å². The van der Waals surface area contributed by atoms with Gasteiger partial charge in [-0.15, -0.1) is 0 Å². The van der Waals surface area contributed by atoms with Gasteiger partial charge in [0, 0.05) is 5.69 Å². The molecule has 1 rings (SSSR count). The Hall–Kier alpha value is -1.62. The Morgan fingerprint density at radius 1 is 1.57 bits per heavy atom. The summed E-state index contributed by atoms with van der Waals surface area (Å²) in [4.78, 5) is 11.0. The average molecular weight is 198 g/mol. The molecular formula is C9H11FN2O2. The first-order valence-corrected chi connectivity index (χ1v) is 4.09. The Morgan fingerprint density at radius 2 is 2.29 bits per heavy atom. The zero-order valence-electron chi connectivity index (χ0n) is 7.46. The lowest BCUT2D eigenvalue weighted by atomic mass is 10.2. The second kappa shape index (κ2) is 4.57. The number of halogens is 1. The van der Waals surface area contributed by atoms with E-state index in [0.717, 1.165) is 0 Å². The Kier molecular flexibility index (Phi) is 3.41. The summed E-state index contributed by atoms with van der Waals surface area (Å²) in [5, 5.41) is 10.8. The molecule has 0 saturated carbocycles. The van der Waals surface area contributed by atoms with Crippen molar-refractivity contribution in [3.63, 3.8) is 0 Å². The lowest BCUT2D eigenvalue weighted by molar-refractivity contribution is -0.116. The normalized spacial score (nSPS) is 9.86. The van der Waals surface area contributed by atoms with E-state index in [-0.39, 0.29) is 18.7 Å². The molecule has 0 fully saturated rings. The van der Waals surface area contributed by atoms with Gasteiger partial charge in [0.1, 0.15) is 5.82 Å². The number of nitrogens with two attached hydrogens (primary N) is 1. The zero-order chi connectivity index (χ0) is 10.6. The van der Waals surface area contributed by atoms with Gasteiger partial charge in [-0.1, -0.05) is 0 Å². The van der Waals surface area contributed by atoms with Gasteiger partial charge in [0.05, 0.1) is 18.7 Å². The maximum atomic E-state index is 13.0. The Bertz CT molecular complexity index is 342. The van der Waals surface area contributed by atoms with Gasteiger partial charge in [0.25, 0.3) is 0 Å². The van der Waals surface area contributed by atoms with Crippen LogP contribution in [0.15, 0.2) is 18.2 Å². The van der Waals surface area contributed by atoms with Crippen LogP contribution in [0.4, 0.5) is 15.8 Å². The number of hydrogen-bond donors (Lipinski definition) is 3. The maximum absolute atomic E-state index is 13.0.